The SMILES string of the molecule is N#Cc1cc2c(cn1)[nH]c1ncc(-c3ccc(CN4CCCC4)cc3)cc12. The summed E-state index contributed by atoms with van der Waals surface area (Å²) < 4.78 is 0. The molecule has 1 N–H and O–H groups in total. The summed E-state index contributed by atoms with van der Waals surface area (Å²) in [7, 11) is 0. The molecule has 5 heteroatoms. The lowest BCUT2D eigenvalue weighted by Crippen LogP contribution is -2.18. The summed E-state index contributed by atoms with van der Waals surface area (Å²) in [6, 6.07) is 14.8. The summed E-state index contributed by atoms with van der Waals surface area (Å²) in [5.74, 6) is 0. The van der Waals surface area contributed by atoms with Crippen molar-refractivity contribution in [3.63, 3.8) is 0 Å². The molecule has 0 radical (unpaired) electrons. The van der Waals surface area contributed by atoms with Crippen LogP contribution in [0.4, 0.5) is 0 Å². The predicted molar refractivity (Wildman–Crippen MR) is 106 cm³/mol. The molecule has 27 heavy (non-hydrogen) atoms. The Kier molecular flexibility index (Phi) is 3.84. The van der Waals surface area contributed by atoms with E-state index in [0.717, 1.165) is 39.6 Å². The number of nitriles is 1. The molecule has 0 bridgehead atoms. The maximum atomic E-state index is 9.13. The van der Waals surface area contributed by atoms with E-state index in [1.807, 2.05) is 12.3 Å². The molecule has 4 heterocycles. The number of rotatable bonds is 3. The van der Waals surface area contributed by atoms with Gasteiger partial charge in [0.2, 0.25) is 0 Å². The van der Waals surface area contributed by atoms with Crippen molar-refractivity contribution in [1.82, 2.24) is 19.9 Å². The minimum absolute atomic E-state index is 0.417. The van der Waals surface area contributed by atoms with Gasteiger partial charge < -0.3 is 4.98 Å². The van der Waals surface area contributed by atoms with Crippen molar-refractivity contribution >= 4 is 21.9 Å². The fourth-order valence-electron chi connectivity index (χ4n) is 3.90. The third-order valence-corrected chi connectivity index (χ3v) is 5.34. The Balaban J connectivity index is 1.50. The second kappa shape index (κ2) is 6.49. The quantitative estimate of drug-likeness (QED) is 0.598. The van der Waals surface area contributed by atoms with Crippen molar-refractivity contribution in [2.24, 2.45) is 0 Å². The van der Waals surface area contributed by atoms with Crippen LogP contribution in [-0.4, -0.2) is 32.9 Å². The van der Waals surface area contributed by atoms with Crippen molar-refractivity contribution in [2.75, 3.05) is 13.1 Å². The van der Waals surface area contributed by atoms with Crippen LogP contribution in [-0.2, 0) is 6.54 Å². The molecule has 3 aromatic heterocycles. The van der Waals surface area contributed by atoms with Crippen molar-refractivity contribution in [3.8, 4) is 17.2 Å². The first kappa shape index (κ1) is 16.0. The average Bonchev–Trinajstić information content (AvgIpc) is 3.35. The van der Waals surface area contributed by atoms with Gasteiger partial charge in [-0.1, -0.05) is 24.3 Å². The van der Waals surface area contributed by atoms with Gasteiger partial charge in [0.15, 0.2) is 0 Å². The number of nitrogens with one attached hydrogen (secondary N) is 1. The van der Waals surface area contributed by atoms with Crippen LogP contribution in [0.15, 0.2) is 48.8 Å². The molecule has 0 saturated carbocycles. The molecule has 0 amide bonds. The number of nitrogens with zero attached hydrogens (tertiary/aromatic N) is 4. The van der Waals surface area contributed by atoms with E-state index < -0.39 is 0 Å². The number of aromatic nitrogens is 3. The van der Waals surface area contributed by atoms with Gasteiger partial charge in [0.25, 0.3) is 0 Å². The van der Waals surface area contributed by atoms with Crippen LogP contribution in [0, 0.1) is 11.3 Å². The average molecular weight is 353 g/mol. The number of fused-ring (bicyclic) bond motifs is 3. The number of aromatic amines is 1. The molecule has 0 spiro atoms. The third kappa shape index (κ3) is 2.94. The molecule has 0 atom stereocenters. The molecule has 132 valence electrons. The fraction of sp³-hybridized carbons (Fsp3) is 0.227. The third-order valence-electron chi connectivity index (χ3n) is 5.34. The van der Waals surface area contributed by atoms with Gasteiger partial charge in [-0.15, -0.1) is 0 Å². The molecule has 1 fully saturated rings. The molecular weight excluding hydrogens is 334 g/mol. The fourth-order valence-corrected chi connectivity index (χ4v) is 3.90. The van der Waals surface area contributed by atoms with Crippen LogP contribution < -0.4 is 0 Å². The van der Waals surface area contributed by atoms with E-state index in [2.05, 4.69) is 56.3 Å². The molecule has 5 rings (SSSR count). The maximum Gasteiger partial charge on any atom is 0.141 e. The highest BCUT2D eigenvalue weighted by molar-refractivity contribution is 6.06. The lowest BCUT2D eigenvalue weighted by atomic mass is 10.0. The second-order valence-corrected chi connectivity index (χ2v) is 7.15. The van der Waals surface area contributed by atoms with E-state index in [4.69, 9.17) is 5.26 Å². The summed E-state index contributed by atoms with van der Waals surface area (Å²) in [6.45, 7) is 3.45. The molecule has 5 nitrogen and oxygen atoms in total. The molecule has 1 aromatic carbocycles. The Labute approximate surface area is 157 Å². The zero-order valence-corrected chi connectivity index (χ0v) is 14.9. The zero-order chi connectivity index (χ0) is 18.2. The molecule has 4 aromatic rings. The lowest BCUT2D eigenvalue weighted by Gasteiger charge is -2.14. The number of pyridine rings is 2. The zero-order valence-electron chi connectivity index (χ0n) is 14.9. The van der Waals surface area contributed by atoms with E-state index in [9.17, 15) is 0 Å². The molecule has 0 aliphatic carbocycles. The molecule has 1 aliphatic heterocycles. The van der Waals surface area contributed by atoms with Crippen molar-refractivity contribution in [1.29, 1.82) is 5.26 Å². The minimum atomic E-state index is 0.417. The Hall–Kier alpha value is -3.23. The van der Waals surface area contributed by atoms with Gasteiger partial charge in [-0.2, -0.15) is 5.26 Å². The first-order valence-electron chi connectivity index (χ1n) is 9.29. The van der Waals surface area contributed by atoms with Gasteiger partial charge in [0.05, 0.1) is 11.7 Å². The number of hydrogen-bond acceptors (Lipinski definition) is 4. The van der Waals surface area contributed by atoms with Gasteiger partial charge in [-0.25, -0.2) is 9.97 Å². The van der Waals surface area contributed by atoms with E-state index in [1.54, 1.807) is 6.20 Å². The maximum absolute atomic E-state index is 9.13. The Bertz CT molecular complexity index is 1160. The largest absolute Gasteiger partial charge is 0.338 e. The number of hydrogen-bond donors (Lipinski definition) is 1. The highest BCUT2D eigenvalue weighted by Gasteiger charge is 2.12. The van der Waals surface area contributed by atoms with Crippen molar-refractivity contribution < 1.29 is 0 Å². The van der Waals surface area contributed by atoms with Crippen LogP contribution in [0.25, 0.3) is 33.1 Å². The first-order chi connectivity index (χ1) is 13.3. The van der Waals surface area contributed by atoms with E-state index >= 15 is 0 Å². The number of likely N-dealkylation sites (tertiary alicyclic amines) is 1. The smallest absolute Gasteiger partial charge is 0.141 e. The van der Waals surface area contributed by atoms with Crippen molar-refractivity contribution in [2.45, 2.75) is 19.4 Å². The van der Waals surface area contributed by atoms with E-state index in [1.165, 1.54) is 31.5 Å². The first-order valence-corrected chi connectivity index (χ1v) is 9.29. The van der Waals surface area contributed by atoms with Crippen LogP contribution in [0.2, 0.25) is 0 Å². The van der Waals surface area contributed by atoms with E-state index in [-0.39, 0.29) is 0 Å². The molecule has 0 unspecified atom stereocenters. The normalized spacial score (nSPS) is 14.8. The summed E-state index contributed by atoms with van der Waals surface area (Å²) in [5, 5.41) is 11.1. The lowest BCUT2D eigenvalue weighted by molar-refractivity contribution is 0.331. The van der Waals surface area contributed by atoms with Crippen molar-refractivity contribution in [3.05, 3.63) is 60.0 Å². The van der Waals surface area contributed by atoms with Gasteiger partial charge >= 0.3 is 0 Å². The summed E-state index contributed by atoms with van der Waals surface area (Å²) >= 11 is 0. The standard InChI is InChI=1S/C22H19N5/c23-11-18-10-19-20-9-17(12-25-22(20)26-21(19)13-24-18)16-5-3-15(4-6-16)14-27-7-1-2-8-27/h3-6,9-10,12-13H,1-2,7-8,14H2,(H,25,26). The Morgan fingerprint density at radius 2 is 1.78 bits per heavy atom. The highest BCUT2D eigenvalue weighted by Crippen LogP contribution is 2.29. The monoisotopic (exact) mass is 353 g/mol. The Morgan fingerprint density at radius 1 is 0.963 bits per heavy atom. The Morgan fingerprint density at radius 3 is 2.56 bits per heavy atom. The number of H-pyrrole nitrogens is 1. The van der Waals surface area contributed by atoms with Crippen LogP contribution in [0.3, 0.4) is 0 Å². The summed E-state index contributed by atoms with van der Waals surface area (Å²) in [6.07, 6.45) is 6.23. The summed E-state index contributed by atoms with van der Waals surface area (Å²) in [4.78, 5) is 14.5. The molecular formula is C22H19N5. The second-order valence-electron chi connectivity index (χ2n) is 7.15. The van der Waals surface area contributed by atoms with Crippen LogP contribution in [0.1, 0.15) is 24.1 Å². The van der Waals surface area contributed by atoms with Gasteiger partial charge in [-0.05, 0) is 49.2 Å². The van der Waals surface area contributed by atoms with Gasteiger partial charge in [-0.3, -0.25) is 4.90 Å². The molecule has 1 saturated heterocycles. The predicted octanol–water partition coefficient (Wildman–Crippen LogP) is 4.25. The number of benzene rings is 1. The van der Waals surface area contributed by atoms with Gasteiger partial charge in [0.1, 0.15) is 17.4 Å². The van der Waals surface area contributed by atoms with Gasteiger partial charge in [0, 0.05) is 29.1 Å². The summed E-state index contributed by atoms with van der Waals surface area (Å²) in [5.41, 5.74) is 5.71. The highest BCUT2D eigenvalue weighted by atomic mass is 15.1. The van der Waals surface area contributed by atoms with E-state index in [0.29, 0.717) is 5.69 Å². The molecule has 1 aliphatic rings. The minimum Gasteiger partial charge on any atom is -0.338 e. The van der Waals surface area contributed by atoms with Crippen LogP contribution >= 0.6 is 0 Å². The topological polar surface area (TPSA) is 68.6 Å². The van der Waals surface area contributed by atoms with Crippen LogP contribution in [0.5, 0.6) is 0 Å².